The fourth-order valence-corrected chi connectivity index (χ4v) is 1.32. The van der Waals surface area contributed by atoms with Crippen molar-refractivity contribution in [3.05, 3.63) is 0 Å². The van der Waals surface area contributed by atoms with E-state index < -0.39 is 0 Å². The molecule has 2 atom stereocenters. The number of β-amino-alcohol motifs (C(OH)–C–C–N with tert-alkyl or cyclic N) is 1. The van der Waals surface area contributed by atoms with E-state index in [-0.39, 0.29) is 12.0 Å². The van der Waals surface area contributed by atoms with E-state index in [9.17, 15) is 5.11 Å². The number of aliphatic hydroxyl groups is 1. The van der Waals surface area contributed by atoms with Crippen LogP contribution < -0.4 is 0 Å². The van der Waals surface area contributed by atoms with Crippen LogP contribution in [0.3, 0.4) is 0 Å². The van der Waals surface area contributed by atoms with Crippen LogP contribution in [0, 0.1) is 11.3 Å². The minimum absolute atomic E-state index is 0.0694. The van der Waals surface area contributed by atoms with Gasteiger partial charge in [-0.05, 0) is 6.54 Å². The average Bonchev–Trinajstić information content (AvgIpc) is 2.30. The van der Waals surface area contributed by atoms with E-state index in [0.717, 1.165) is 19.6 Å². The Balaban J connectivity index is 2.43. The van der Waals surface area contributed by atoms with Crippen molar-refractivity contribution in [2.24, 2.45) is 5.92 Å². The van der Waals surface area contributed by atoms with Gasteiger partial charge in [0.15, 0.2) is 0 Å². The summed E-state index contributed by atoms with van der Waals surface area (Å²) in [6, 6.07) is 0. The van der Waals surface area contributed by atoms with Gasteiger partial charge in [0.1, 0.15) is 0 Å². The summed E-state index contributed by atoms with van der Waals surface area (Å²) in [5.74, 6) is 0.0694. The lowest BCUT2D eigenvalue weighted by Gasteiger charge is -2.09. The van der Waals surface area contributed by atoms with Crippen LogP contribution in [-0.4, -0.2) is 42.0 Å². The summed E-state index contributed by atoms with van der Waals surface area (Å²) >= 11 is 0. The first-order chi connectivity index (χ1) is 4.77. The summed E-state index contributed by atoms with van der Waals surface area (Å²) in [6.45, 7) is 4.62. The van der Waals surface area contributed by atoms with Crippen LogP contribution in [0.5, 0.6) is 0 Å². The number of likely N-dealkylation sites (tertiary alicyclic amines) is 1. The third-order valence-electron chi connectivity index (χ3n) is 2.07. The van der Waals surface area contributed by atoms with Crippen molar-refractivity contribution < 1.29 is 5.11 Å². The van der Waals surface area contributed by atoms with E-state index in [2.05, 4.69) is 11.8 Å². The Morgan fingerprint density at radius 3 is 2.70 bits per heavy atom. The molecule has 1 heterocycles. The van der Waals surface area contributed by atoms with Gasteiger partial charge in [0.25, 0.3) is 0 Å². The minimum atomic E-state index is -0.308. The molecule has 58 valence electrons. The van der Waals surface area contributed by atoms with Gasteiger partial charge in [-0.15, -0.1) is 0 Å². The zero-order chi connectivity index (χ0) is 7.56. The van der Waals surface area contributed by atoms with Gasteiger partial charge in [0.2, 0.25) is 0 Å². The van der Waals surface area contributed by atoms with Crippen LogP contribution in [0.2, 0.25) is 0 Å². The number of nitrogens with one attached hydrogen (secondary N) is 1. The second-order valence-electron chi connectivity index (χ2n) is 2.75. The highest BCUT2D eigenvalue weighted by molar-refractivity contribution is 5.58. The van der Waals surface area contributed by atoms with Crippen LogP contribution in [0.25, 0.3) is 0 Å². The second kappa shape index (κ2) is 3.12. The summed E-state index contributed by atoms with van der Waals surface area (Å²) in [5.41, 5.74) is 0. The van der Waals surface area contributed by atoms with Crippen molar-refractivity contribution in [3.63, 3.8) is 0 Å². The first-order valence-electron chi connectivity index (χ1n) is 3.69. The molecule has 0 aromatic heterocycles. The maximum Gasteiger partial charge on any atom is 0.0756 e. The lowest BCUT2D eigenvalue weighted by Crippen LogP contribution is -2.21. The number of nitrogens with zero attached hydrogens (tertiary/aromatic N) is 1. The van der Waals surface area contributed by atoms with E-state index in [1.54, 1.807) is 0 Å². The van der Waals surface area contributed by atoms with Crippen molar-refractivity contribution in [1.29, 1.82) is 5.41 Å². The molecule has 1 rings (SSSR count). The largest absolute Gasteiger partial charge is 0.391 e. The van der Waals surface area contributed by atoms with Crippen LogP contribution in [-0.2, 0) is 0 Å². The maximum absolute atomic E-state index is 9.30. The highest BCUT2D eigenvalue weighted by Gasteiger charge is 2.28. The Kier molecular flexibility index (Phi) is 2.40. The topological polar surface area (TPSA) is 47.3 Å². The third-order valence-corrected chi connectivity index (χ3v) is 2.07. The van der Waals surface area contributed by atoms with Crippen molar-refractivity contribution in [2.75, 3.05) is 19.6 Å². The predicted molar refractivity (Wildman–Crippen MR) is 40.4 cm³/mol. The van der Waals surface area contributed by atoms with E-state index in [0.29, 0.717) is 0 Å². The zero-order valence-corrected chi connectivity index (χ0v) is 6.25. The van der Waals surface area contributed by atoms with Crippen molar-refractivity contribution in [3.8, 4) is 0 Å². The minimum Gasteiger partial charge on any atom is -0.391 e. The molecule has 0 saturated carbocycles. The Bertz CT molecular complexity index is 127. The SMILES string of the molecule is CCN1CC(C=N)[C@@H](O)C1. The molecular formula is C7H14N2O. The number of rotatable bonds is 2. The molecule has 0 radical (unpaired) electrons. The molecule has 0 spiro atoms. The normalized spacial score (nSPS) is 34.6. The van der Waals surface area contributed by atoms with Crippen molar-refractivity contribution in [2.45, 2.75) is 13.0 Å². The molecule has 0 aliphatic carbocycles. The fourth-order valence-electron chi connectivity index (χ4n) is 1.32. The Morgan fingerprint density at radius 1 is 1.70 bits per heavy atom. The molecule has 3 nitrogen and oxygen atoms in total. The molecule has 0 amide bonds. The van der Waals surface area contributed by atoms with Gasteiger partial charge in [0, 0.05) is 25.2 Å². The summed E-state index contributed by atoms with van der Waals surface area (Å²) in [5, 5.41) is 16.3. The highest BCUT2D eigenvalue weighted by Crippen LogP contribution is 2.13. The predicted octanol–water partition coefficient (Wildman–Crippen LogP) is -0.0514. The van der Waals surface area contributed by atoms with Gasteiger partial charge in [-0.2, -0.15) is 0 Å². The van der Waals surface area contributed by atoms with E-state index in [1.165, 1.54) is 6.21 Å². The number of likely N-dealkylation sites (N-methyl/N-ethyl adjacent to an activating group) is 1. The first kappa shape index (κ1) is 7.69. The van der Waals surface area contributed by atoms with Gasteiger partial charge < -0.3 is 15.4 Å². The van der Waals surface area contributed by atoms with E-state index in [1.807, 2.05) is 0 Å². The molecule has 1 unspecified atom stereocenters. The molecule has 0 aromatic carbocycles. The lowest BCUT2D eigenvalue weighted by molar-refractivity contribution is 0.164. The molecule has 10 heavy (non-hydrogen) atoms. The Labute approximate surface area is 61.2 Å². The van der Waals surface area contributed by atoms with Gasteiger partial charge in [0.05, 0.1) is 6.10 Å². The molecule has 1 aliphatic rings. The molecule has 2 N–H and O–H groups in total. The number of hydrogen-bond acceptors (Lipinski definition) is 3. The van der Waals surface area contributed by atoms with Gasteiger partial charge >= 0.3 is 0 Å². The molecular weight excluding hydrogens is 128 g/mol. The van der Waals surface area contributed by atoms with Crippen LogP contribution in [0.4, 0.5) is 0 Å². The standard InChI is InChI=1S/C7H14N2O/c1-2-9-4-6(3-8)7(10)5-9/h3,6-8,10H,2,4-5H2,1H3/t6?,7-/m0/s1. The smallest absolute Gasteiger partial charge is 0.0756 e. The third kappa shape index (κ3) is 1.36. The summed E-state index contributed by atoms with van der Waals surface area (Å²) in [4.78, 5) is 2.15. The first-order valence-corrected chi connectivity index (χ1v) is 3.69. The Hall–Kier alpha value is -0.410. The van der Waals surface area contributed by atoms with Gasteiger partial charge in [-0.25, -0.2) is 0 Å². The monoisotopic (exact) mass is 142 g/mol. The zero-order valence-electron chi connectivity index (χ0n) is 6.25. The van der Waals surface area contributed by atoms with Crippen LogP contribution in [0.15, 0.2) is 0 Å². The highest BCUT2D eigenvalue weighted by atomic mass is 16.3. The number of aliphatic hydroxyl groups excluding tert-OH is 1. The molecule has 1 aliphatic heterocycles. The van der Waals surface area contributed by atoms with Crippen molar-refractivity contribution in [1.82, 2.24) is 4.90 Å². The van der Waals surface area contributed by atoms with Gasteiger partial charge in [-0.3, -0.25) is 0 Å². The summed E-state index contributed by atoms with van der Waals surface area (Å²) in [6.07, 6.45) is 1.04. The van der Waals surface area contributed by atoms with Crippen LogP contribution >= 0.6 is 0 Å². The lowest BCUT2D eigenvalue weighted by atomic mass is 10.1. The average molecular weight is 142 g/mol. The quantitative estimate of drug-likeness (QED) is 0.531. The molecule has 1 fully saturated rings. The van der Waals surface area contributed by atoms with E-state index in [4.69, 9.17) is 5.41 Å². The molecule has 0 aromatic rings. The van der Waals surface area contributed by atoms with Gasteiger partial charge in [-0.1, -0.05) is 6.92 Å². The molecule has 0 bridgehead atoms. The summed E-state index contributed by atoms with van der Waals surface area (Å²) in [7, 11) is 0. The maximum atomic E-state index is 9.30. The molecule has 1 saturated heterocycles. The van der Waals surface area contributed by atoms with Crippen LogP contribution in [0.1, 0.15) is 6.92 Å². The van der Waals surface area contributed by atoms with E-state index >= 15 is 0 Å². The number of hydrogen-bond donors (Lipinski definition) is 2. The summed E-state index contributed by atoms with van der Waals surface area (Å²) < 4.78 is 0. The van der Waals surface area contributed by atoms with Crippen molar-refractivity contribution >= 4 is 6.21 Å². The molecule has 3 heteroatoms. The second-order valence-corrected chi connectivity index (χ2v) is 2.75. The Morgan fingerprint density at radius 2 is 2.40 bits per heavy atom. The fraction of sp³-hybridized carbons (Fsp3) is 0.857.